The zero-order valence-corrected chi connectivity index (χ0v) is 14.0. The maximum atomic E-state index is 13.0. The molecule has 122 valence electrons. The highest BCUT2D eigenvalue weighted by atomic mass is 35.5. The van der Waals surface area contributed by atoms with Gasteiger partial charge in [-0.25, -0.2) is 4.39 Å². The Morgan fingerprint density at radius 3 is 2.64 bits per heavy atom. The van der Waals surface area contributed by atoms with E-state index in [9.17, 15) is 18.2 Å². The lowest BCUT2D eigenvalue weighted by Crippen LogP contribution is -2.23. The minimum Gasteiger partial charge on any atom is -0.349 e. The van der Waals surface area contributed by atoms with Gasteiger partial charge in [0.25, 0.3) is 0 Å². The number of carbonyl (C=O) groups excluding carboxylic acids is 2. The van der Waals surface area contributed by atoms with Gasteiger partial charge in [0.05, 0.1) is 5.02 Å². The summed E-state index contributed by atoms with van der Waals surface area (Å²) in [5.74, 6) is -0.960. The Bertz CT molecular complexity index is 581. The van der Waals surface area contributed by atoms with Crippen molar-refractivity contribution in [3.63, 3.8) is 0 Å². The average Bonchev–Trinajstić information content (AvgIpc) is 2.42. The van der Waals surface area contributed by atoms with E-state index in [0.717, 1.165) is 6.07 Å². The first kappa shape index (κ1) is 18.6. The highest BCUT2D eigenvalue weighted by molar-refractivity contribution is 7.85. The van der Waals surface area contributed by atoms with Crippen LogP contribution >= 0.6 is 11.6 Å². The summed E-state index contributed by atoms with van der Waals surface area (Å²) in [5, 5.41) is 2.40. The third kappa shape index (κ3) is 6.53. The molecular weight excluding hydrogens is 331 g/mol. The summed E-state index contributed by atoms with van der Waals surface area (Å²) in [6.45, 7) is 0. The zero-order valence-electron chi connectivity index (χ0n) is 12.4. The minimum atomic E-state index is -1.35. The van der Waals surface area contributed by atoms with Crippen LogP contribution in [0.2, 0.25) is 5.02 Å². The minimum absolute atomic E-state index is 0.0394. The van der Waals surface area contributed by atoms with Gasteiger partial charge < -0.3 is 10.2 Å². The molecule has 0 aliphatic heterocycles. The maximum absolute atomic E-state index is 13.0. The van der Waals surface area contributed by atoms with Crippen molar-refractivity contribution < 1.29 is 18.2 Å². The Kier molecular flexibility index (Phi) is 7.47. The van der Waals surface area contributed by atoms with Gasteiger partial charge in [0, 0.05) is 42.8 Å². The third-order valence-electron chi connectivity index (χ3n) is 2.76. The van der Waals surface area contributed by atoms with Gasteiger partial charge in [0.15, 0.2) is 0 Å². The normalized spacial score (nSPS) is 11.8. The number of carbonyl (C=O) groups is 2. The summed E-state index contributed by atoms with van der Waals surface area (Å²) in [6.07, 6.45) is 0.757. The zero-order chi connectivity index (χ0) is 16.7. The van der Waals surface area contributed by atoms with E-state index in [-0.39, 0.29) is 22.4 Å². The van der Waals surface area contributed by atoms with E-state index in [0.29, 0.717) is 18.5 Å². The predicted octanol–water partition coefficient (Wildman–Crippen LogP) is 2.03. The van der Waals surface area contributed by atoms with Crippen molar-refractivity contribution in [2.45, 2.75) is 12.8 Å². The van der Waals surface area contributed by atoms with Crippen LogP contribution in [0.4, 0.5) is 10.1 Å². The van der Waals surface area contributed by atoms with E-state index in [1.807, 2.05) is 0 Å². The average molecular weight is 349 g/mol. The molecule has 0 bridgehead atoms. The standard InChI is InChI=1S/C14H18ClFN2O3S/c1-18(2)14(20)4-3-7-22(21)9-13(19)17-10-5-6-12(16)11(15)8-10/h5-6,8H,3-4,7,9H2,1-2H3,(H,17,19)/t22-/m0/s1. The molecule has 0 saturated carbocycles. The van der Waals surface area contributed by atoms with Crippen LogP contribution < -0.4 is 5.32 Å². The van der Waals surface area contributed by atoms with Gasteiger partial charge in [-0.1, -0.05) is 11.6 Å². The van der Waals surface area contributed by atoms with Crippen LogP contribution in [0.1, 0.15) is 12.8 Å². The van der Waals surface area contributed by atoms with Crippen LogP contribution in [-0.4, -0.2) is 46.5 Å². The highest BCUT2D eigenvalue weighted by Crippen LogP contribution is 2.19. The fourth-order valence-electron chi connectivity index (χ4n) is 1.60. The summed E-state index contributed by atoms with van der Waals surface area (Å²) >= 11 is 5.60. The fraction of sp³-hybridized carbons (Fsp3) is 0.429. The molecule has 0 spiro atoms. The lowest BCUT2D eigenvalue weighted by atomic mass is 10.3. The van der Waals surface area contributed by atoms with Gasteiger partial charge in [-0.05, 0) is 24.6 Å². The molecule has 2 amide bonds. The third-order valence-corrected chi connectivity index (χ3v) is 4.37. The number of hydrogen-bond acceptors (Lipinski definition) is 3. The van der Waals surface area contributed by atoms with Crippen LogP contribution in [0.25, 0.3) is 0 Å². The Balaban J connectivity index is 2.36. The topological polar surface area (TPSA) is 66.5 Å². The molecule has 5 nitrogen and oxygen atoms in total. The van der Waals surface area contributed by atoms with E-state index >= 15 is 0 Å². The lowest BCUT2D eigenvalue weighted by Gasteiger charge is -2.09. The number of nitrogens with zero attached hydrogens (tertiary/aromatic N) is 1. The second-order valence-electron chi connectivity index (χ2n) is 4.86. The molecule has 1 N–H and O–H groups in total. The molecule has 1 aromatic rings. The van der Waals surface area contributed by atoms with E-state index in [2.05, 4.69) is 5.32 Å². The van der Waals surface area contributed by atoms with Gasteiger partial charge in [-0.2, -0.15) is 0 Å². The van der Waals surface area contributed by atoms with E-state index in [4.69, 9.17) is 11.6 Å². The van der Waals surface area contributed by atoms with Crippen molar-refractivity contribution in [2.75, 3.05) is 30.9 Å². The van der Waals surface area contributed by atoms with Gasteiger partial charge >= 0.3 is 0 Å². The van der Waals surface area contributed by atoms with Crippen LogP contribution in [0.5, 0.6) is 0 Å². The smallest absolute Gasteiger partial charge is 0.236 e. The number of benzene rings is 1. The second-order valence-corrected chi connectivity index (χ2v) is 6.84. The first-order valence-electron chi connectivity index (χ1n) is 6.59. The number of anilines is 1. The van der Waals surface area contributed by atoms with E-state index in [1.54, 1.807) is 14.1 Å². The van der Waals surface area contributed by atoms with Crippen LogP contribution in [0, 0.1) is 5.82 Å². The SMILES string of the molecule is CN(C)C(=O)CCC[S@](=O)CC(=O)Nc1ccc(F)c(Cl)c1. The van der Waals surface area contributed by atoms with Crippen molar-refractivity contribution in [1.29, 1.82) is 0 Å². The van der Waals surface area contributed by atoms with Gasteiger partial charge in [-0.15, -0.1) is 0 Å². The van der Waals surface area contributed by atoms with Crippen molar-refractivity contribution in [2.24, 2.45) is 0 Å². The van der Waals surface area contributed by atoms with Crippen molar-refractivity contribution >= 4 is 39.9 Å². The first-order valence-corrected chi connectivity index (χ1v) is 8.46. The van der Waals surface area contributed by atoms with Gasteiger partial charge in [0.1, 0.15) is 11.6 Å². The molecule has 0 aromatic heterocycles. The molecule has 0 radical (unpaired) electrons. The molecule has 0 aliphatic rings. The predicted molar refractivity (Wildman–Crippen MR) is 85.8 cm³/mol. The second kappa shape index (κ2) is 8.85. The van der Waals surface area contributed by atoms with Crippen molar-refractivity contribution in [3.8, 4) is 0 Å². The molecule has 0 aliphatic carbocycles. The fourth-order valence-corrected chi connectivity index (χ4v) is 2.75. The molecule has 0 fully saturated rings. The molecule has 1 rings (SSSR count). The molecule has 1 atom stereocenters. The summed E-state index contributed by atoms with van der Waals surface area (Å²) < 4.78 is 24.7. The van der Waals surface area contributed by atoms with E-state index in [1.165, 1.54) is 17.0 Å². The lowest BCUT2D eigenvalue weighted by molar-refractivity contribution is -0.128. The molecule has 0 heterocycles. The Morgan fingerprint density at radius 2 is 2.05 bits per heavy atom. The summed E-state index contributed by atoms with van der Waals surface area (Å²) in [4.78, 5) is 24.5. The molecule has 0 saturated heterocycles. The Labute approximate surface area is 136 Å². The van der Waals surface area contributed by atoms with Crippen LogP contribution in [0.3, 0.4) is 0 Å². The quantitative estimate of drug-likeness (QED) is 0.820. The number of nitrogens with one attached hydrogen (secondary N) is 1. The van der Waals surface area contributed by atoms with E-state index < -0.39 is 22.5 Å². The largest absolute Gasteiger partial charge is 0.349 e. The molecule has 22 heavy (non-hydrogen) atoms. The number of rotatable bonds is 7. The van der Waals surface area contributed by atoms with Crippen LogP contribution in [-0.2, 0) is 20.4 Å². The van der Waals surface area contributed by atoms with Crippen molar-refractivity contribution in [1.82, 2.24) is 4.90 Å². The molecule has 0 unspecified atom stereocenters. The Hall–Kier alpha value is -1.47. The Morgan fingerprint density at radius 1 is 1.36 bits per heavy atom. The van der Waals surface area contributed by atoms with Crippen LogP contribution in [0.15, 0.2) is 18.2 Å². The first-order chi connectivity index (χ1) is 10.3. The number of hydrogen-bond donors (Lipinski definition) is 1. The number of amides is 2. The summed E-state index contributed by atoms with van der Waals surface area (Å²) in [6, 6.07) is 3.80. The monoisotopic (exact) mass is 348 g/mol. The van der Waals surface area contributed by atoms with Crippen molar-refractivity contribution in [3.05, 3.63) is 29.0 Å². The summed E-state index contributed by atoms with van der Waals surface area (Å²) in [5.41, 5.74) is 0.344. The summed E-state index contributed by atoms with van der Waals surface area (Å²) in [7, 11) is 1.95. The van der Waals surface area contributed by atoms with Gasteiger partial charge in [-0.3, -0.25) is 13.8 Å². The highest BCUT2D eigenvalue weighted by Gasteiger charge is 2.11. The number of halogens is 2. The molecule has 1 aromatic carbocycles. The maximum Gasteiger partial charge on any atom is 0.236 e. The molecular formula is C14H18ClFN2O3S. The molecule has 8 heteroatoms. The van der Waals surface area contributed by atoms with Gasteiger partial charge in [0.2, 0.25) is 11.8 Å².